The van der Waals surface area contributed by atoms with Gasteiger partial charge in [0.15, 0.2) is 5.89 Å². The maximum Gasteiger partial charge on any atom is 0.228 e. The molecule has 0 bridgehead atoms. The lowest BCUT2D eigenvalue weighted by molar-refractivity contribution is -0.131. The van der Waals surface area contributed by atoms with Crippen LogP contribution in [0.1, 0.15) is 34.2 Å². The van der Waals surface area contributed by atoms with E-state index in [1.807, 2.05) is 42.2 Å². The highest BCUT2D eigenvalue weighted by Crippen LogP contribution is 2.21. The van der Waals surface area contributed by atoms with E-state index in [0.717, 1.165) is 47.9 Å². The van der Waals surface area contributed by atoms with Crippen molar-refractivity contribution >= 4 is 5.91 Å². The molecule has 0 saturated carbocycles. The highest BCUT2D eigenvalue weighted by molar-refractivity contribution is 5.78. The first kappa shape index (κ1) is 17.5. The Morgan fingerprint density at radius 1 is 1.15 bits per heavy atom. The van der Waals surface area contributed by atoms with Crippen LogP contribution in [0.25, 0.3) is 0 Å². The summed E-state index contributed by atoms with van der Waals surface area (Å²) in [6.07, 6.45) is 4.47. The molecule has 0 saturated heterocycles. The zero-order valence-electron chi connectivity index (χ0n) is 15.5. The number of hydrogen-bond acceptors (Lipinski definition) is 4. The lowest BCUT2D eigenvalue weighted by Crippen LogP contribution is -2.37. The fourth-order valence-electron chi connectivity index (χ4n) is 3.43. The number of amides is 1. The van der Waals surface area contributed by atoms with Gasteiger partial charge in [-0.3, -0.25) is 9.78 Å². The highest BCUT2D eigenvalue weighted by Gasteiger charge is 2.25. The molecule has 5 nitrogen and oxygen atoms in total. The third kappa shape index (κ3) is 4.08. The van der Waals surface area contributed by atoms with Gasteiger partial charge >= 0.3 is 0 Å². The molecule has 0 fully saturated rings. The third-order valence-corrected chi connectivity index (χ3v) is 5.03. The number of pyridine rings is 1. The second-order valence-electron chi connectivity index (χ2n) is 6.97. The lowest BCUT2D eigenvalue weighted by atomic mass is 10.1. The van der Waals surface area contributed by atoms with E-state index in [0.29, 0.717) is 19.5 Å². The summed E-state index contributed by atoms with van der Waals surface area (Å²) in [5.41, 5.74) is 4.07. The molecule has 0 radical (unpaired) electrons. The van der Waals surface area contributed by atoms with Gasteiger partial charge in [-0.05, 0) is 30.5 Å². The van der Waals surface area contributed by atoms with Crippen LogP contribution in [-0.4, -0.2) is 27.3 Å². The topological polar surface area (TPSA) is 59.2 Å². The normalized spacial score (nSPS) is 13.4. The van der Waals surface area contributed by atoms with Crippen molar-refractivity contribution in [2.45, 2.75) is 39.2 Å². The van der Waals surface area contributed by atoms with Crippen LogP contribution in [0.4, 0.5) is 0 Å². The first-order valence-corrected chi connectivity index (χ1v) is 9.38. The van der Waals surface area contributed by atoms with Gasteiger partial charge < -0.3 is 9.32 Å². The van der Waals surface area contributed by atoms with E-state index in [2.05, 4.69) is 22.1 Å². The van der Waals surface area contributed by atoms with Crippen LogP contribution in [0.5, 0.6) is 0 Å². The Bertz CT molecular complexity index is 934. The van der Waals surface area contributed by atoms with E-state index < -0.39 is 0 Å². The molecule has 0 atom stereocenters. The van der Waals surface area contributed by atoms with E-state index in [1.165, 1.54) is 5.56 Å². The zero-order valence-corrected chi connectivity index (χ0v) is 15.5. The average Bonchev–Trinajstić information content (AvgIpc) is 3.11. The van der Waals surface area contributed by atoms with Crippen LogP contribution in [0.3, 0.4) is 0 Å². The summed E-state index contributed by atoms with van der Waals surface area (Å²) in [6, 6.07) is 14.2. The molecule has 27 heavy (non-hydrogen) atoms. The molecule has 1 aromatic carbocycles. The summed E-state index contributed by atoms with van der Waals surface area (Å²) >= 11 is 0. The molecule has 0 N–H and O–H groups in total. The zero-order chi connectivity index (χ0) is 18.6. The first-order chi connectivity index (χ1) is 13.2. The van der Waals surface area contributed by atoms with E-state index in [-0.39, 0.29) is 5.91 Å². The maximum absolute atomic E-state index is 12.7. The number of rotatable bonds is 5. The van der Waals surface area contributed by atoms with Crippen LogP contribution < -0.4 is 0 Å². The molecule has 3 aromatic rings. The van der Waals surface area contributed by atoms with Crippen molar-refractivity contribution in [3.8, 4) is 0 Å². The van der Waals surface area contributed by atoms with Crippen molar-refractivity contribution in [1.29, 1.82) is 0 Å². The van der Waals surface area contributed by atoms with Crippen LogP contribution in [0.2, 0.25) is 0 Å². The van der Waals surface area contributed by atoms with E-state index in [1.54, 1.807) is 6.20 Å². The standard InChI is InChI=1S/C22H23N3O2/c1-16-6-5-12-23-18(16)14-22(26)25-13-11-20-19(15-25)24-21(27-20)10-9-17-7-3-2-4-8-17/h2-8,12H,9-11,13-15H2,1H3. The molecular formula is C22H23N3O2. The molecule has 0 aliphatic carbocycles. The minimum atomic E-state index is 0.0938. The maximum atomic E-state index is 12.7. The van der Waals surface area contributed by atoms with Crippen LogP contribution in [0, 0.1) is 6.92 Å². The Kier molecular flexibility index (Phi) is 5.01. The van der Waals surface area contributed by atoms with Gasteiger partial charge in [0.05, 0.1) is 18.7 Å². The summed E-state index contributed by atoms with van der Waals surface area (Å²) in [7, 11) is 0. The highest BCUT2D eigenvalue weighted by atomic mass is 16.4. The van der Waals surface area contributed by atoms with Crippen LogP contribution in [0.15, 0.2) is 53.1 Å². The number of carbonyl (C=O) groups is 1. The number of nitrogens with zero attached hydrogens (tertiary/aromatic N) is 3. The third-order valence-electron chi connectivity index (χ3n) is 5.03. The lowest BCUT2D eigenvalue weighted by Gasteiger charge is -2.25. The van der Waals surface area contributed by atoms with Crippen molar-refractivity contribution in [2.75, 3.05) is 6.54 Å². The van der Waals surface area contributed by atoms with Gasteiger partial charge in [0, 0.05) is 25.6 Å². The second-order valence-corrected chi connectivity index (χ2v) is 6.97. The number of aryl methyl sites for hydroxylation is 3. The monoisotopic (exact) mass is 361 g/mol. The molecule has 5 heteroatoms. The fraction of sp³-hybridized carbons (Fsp3) is 0.318. The predicted molar refractivity (Wildman–Crippen MR) is 102 cm³/mol. The number of aromatic nitrogens is 2. The summed E-state index contributed by atoms with van der Waals surface area (Å²) < 4.78 is 5.93. The van der Waals surface area contributed by atoms with Gasteiger partial charge in [0.1, 0.15) is 11.5 Å². The Hall–Kier alpha value is -2.95. The van der Waals surface area contributed by atoms with Gasteiger partial charge in [-0.1, -0.05) is 36.4 Å². The van der Waals surface area contributed by atoms with Gasteiger partial charge in [-0.2, -0.15) is 0 Å². The summed E-state index contributed by atoms with van der Waals surface area (Å²) in [5, 5.41) is 0. The molecule has 2 aromatic heterocycles. The second kappa shape index (κ2) is 7.74. The first-order valence-electron chi connectivity index (χ1n) is 9.38. The number of carbonyl (C=O) groups excluding carboxylic acids is 1. The Labute approximate surface area is 159 Å². The molecule has 1 aliphatic heterocycles. The quantitative estimate of drug-likeness (QED) is 0.700. The molecule has 4 rings (SSSR count). The number of fused-ring (bicyclic) bond motifs is 1. The minimum Gasteiger partial charge on any atom is -0.445 e. The van der Waals surface area contributed by atoms with Crippen molar-refractivity contribution in [3.05, 3.63) is 82.8 Å². The Morgan fingerprint density at radius 2 is 2.00 bits per heavy atom. The molecule has 0 spiro atoms. The summed E-state index contributed by atoms with van der Waals surface area (Å²) in [6.45, 7) is 3.18. The SMILES string of the molecule is Cc1cccnc1CC(=O)N1CCc2oc(CCc3ccccc3)nc2C1. The van der Waals surface area contributed by atoms with Crippen LogP contribution in [-0.2, 0) is 37.0 Å². The van der Waals surface area contributed by atoms with Gasteiger partial charge in [0.2, 0.25) is 5.91 Å². The molecule has 3 heterocycles. The molecule has 1 aliphatic rings. The smallest absolute Gasteiger partial charge is 0.228 e. The largest absolute Gasteiger partial charge is 0.445 e. The van der Waals surface area contributed by atoms with Crippen LogP contribution >= 0.6 is 0 Å². The fourth-order valence-corrected chi connectivity index (χ4v) is 3.43. The Morgan fingerprint density at radius 3 is 2.81 bits per heavy atom. The van der Waals surface area contributed by atoms with Gasteiger partial charge in [-0.15, -0.1) is 0 Å². The van der Waals surface area contributed by atoms with E-state index in [4.69, 9.17) is 4.42 Å². The molecular weight excluding hydrogens is 338 g/mol. The minimum absolute atomic E-state index is 0.0938. The van der Waals surface area contributed by atoms with Gasteiger partial charge in [0.25, 0.3) is 0 Å². The molecule has 0 unspecified atom stereocenters. The van der Waals surface area contributed by atoms with Gasteiger partial charge in [-0.25, -0.2) is 4.98 Å². The predicted octanol–water partition coefficient (Wildman–Crippen LogP) is 3.29. The van der Waals surface area contributed by atoms with Crippen molar-refractivity contribution < 1.29 is 9.21 Å². The molecule has 138 valence electrons. The van der Waals surface area contributed by atoms with Crippen molar-refractivity contribution in [3.63, 3.8) is 0 Å². The molecule has 1 amide bonds. The van der Waals surface area contributed by atoms with E-state index >= 15 is 0 Å². The summed E-state index contributed by atoms with van der Waals surface area (Å²) in [4.78, 5) is 23.5. The number of benzene rings is 1. The number of oxazole rings is 1. The Balaban J connectivity index is 1.39. The van der Waals surface area contributed by atoms with Crippen molar-refractivity contribution in [1.82, 2.24) is 14.9 Å². The van der Waals surface area contributed by atoms with E-state index in [9.17, 15) is 4.79 Å². The number of hydrogen-bond donors (Lipinski definition) is 0. The average molecular weight is 361 g/mol. The summed E-state index contributed by atoms with van der Waals surface area (Å²) in [5.74, 6) is 1.78. The van der Waals surface area contributed by atoms with Crippen molar-refractivity contribution in [2.24, 2.45) is 0 Å².